The summed E-state index contributed by atoms with van der Waals surface area (Å²) in [4.78, 5) is 7.27. The molecule has 1 fully saturated rings. The molecule has 0 spiro atoms. The first-order chi connectivity index (χ1) is 10.1. The Hall–Kier alpha value is -1.55. The molecule has 1 aliphatic carbocycles. The molecule has 0 bridgehead atoms. The first-order valence-corrected chi connectivity index (χ1v) is 8.06. The third kappa shape index (κ3) is 2.91. The van der Waals surface area contributed by atoms with Crippen LogP contribution < -0.4 is 5.73 Å². The highest BCUT2D eigenvalue weighted by Crippen LogP contribution is 2.40. The SMILES string of the molecule is CCC(C)N(C)CCn1c(C2CC2)nc2cc(N)ccc21. The zero-order chi connectivity index (χ0) is 15.0. The number of anilines is 1. The maximum atomic E-state index is 5.90. The van der Waals surface area contributed by atoms with Crippen molar-refractivity contribution in [1.29, 1.82) is 0 Å². The van der Waals surface area contributed by atoms with Gasteiger partial charge < -0.3 is 15.2 Å². The van der Waals surface area contributed by atoms with Crippen LogP contribution in [0.15, 0.2) is 18.2 Å². The number of aromatic nitrogens is 2. The van der Waals surface area contributed by atoms with Crippen molar-refractivity contribution in [1.82, 2.24) is 14.5 Å². The van der Waals surface area contributed by atoms with E-state index in [2.05, 4.69) is 36.4 Å². The highest BCUT2D eigenvalue weighted by Gasteiger charge is 2.29. The molecule has 0 saturated heterocycles. The third-order valence-corrected chi connectivity index (χ3v) is 4.76. The fraction of sp³-hybridized carbons (Fsp3) is 0.588. The van der Waals surface area contributed by atoms with Crippen molar-refractivity contribution in [3.8, 4) is 0 Å². The molecule has 1 heterocycles. The number of rotatable bonds is 6. The van der Waals surface area contributed by atoms with Crippen molar-refractivity contribution in [2.45, 2.75) is 51.6 Å². The molecule has 0 radical (unpaired) electrons. The molecular weight excluding hydrogens is 260 g/mol. The molecule has 114 valence electrons. The molecule has 4 nitrogen and oxygen atoms in total. The summed E-state index contributed by atoms with van der Waals surface area (Å²) in [5.74, 6) is 1.92. The molecule has 1 aromatic carbocycles. The molecule has 21 heavy (non-hydrogen) atoms. The molecule has 2 N–H and O–H groups in total. The van der Waals surface area contributed by atoms with E-state index in [1.54, 1.807) is 0 Å². The number of fused-ring (bicyclic) bond motifs is 1. The fourth-order valence-corrected chi connectivity index (χ4v) is 2.84. The van der Waals surface area contributed by atoms with Crippen LogP contribution in [0.25, 0.3) is 11.0 Å². The molecule has 0 amide bonds. The Balaban J connectivity index is 1.87. The second-order valence-corrected chi connectivity index (χ2v) is 6.38. The Morgan fingerprint density at radius 1 is 1.43 bits per heavy atom. The fourth-order valence-electron chi connectivity index (χ4n) is 2.84. The summed E-state index contributed by atoms with van der Waals surface area (Å²) in [6.07, 6.45) is 3.74. The smallest absolute Gasteiger partial charge is 0.113 e. The number of likely N-dealkylation sites (N-methyl/N-ethyl adjacent to an activating group) is 1. The second kappa shape index (κ2) is 5.68. The highest BCUT2D eigenvalue weighted by molar-refractivity contribution is 5.79. The minimum absolute atomic E-state index is 0.625. The Morgan fingerprint density at radius 3 is 2.86 bits per heavy atom. The van der Waals surface area contributed by atoms with E-state index in [0.29, 0.717) is 12.0 Å². The van der Waals surface area contributed by atoms with Gasteiger partial charge in [-0.1, -0.05) is 6.92 Å². The van der Waals surface area contributed by atoms with Gasteiger partial charge in [0.25, 0.3) is 0 Å². The number of nitrogens with zero attached hydrogens (tertiary/aromatic N) is 3. The average molecular weight is 286 g/mol. The van der Waals surface area contributed by atoms with E-state index < -0.39 is 0 Å². The molecule has 2 aromatic rings. The van der Waals surface area contributed by atoms with Gasteiger partial charge in [0.05, 0.1) is 11.0 Å². The lowest BCUT2D eigenvalue weighted by molar-refractivity contribution is 0.242. The number of imidazole rings is 1. The van der Waals surface area contributed by atoms with Crippen LogP contribution in [0, 0.1) is 0 Å². The monoisotopic (exact) mass is 286 g/mol. The van der Waals surface area contributed by atoms with Crippen molar-refractivity contribution in [3.05, 3.63) is 24.0 Å². The first kappa shape index (κ1) is 14.4. The quantitative estimate of drug-likeness (QED) is 0.829. The van der Waals surface area contributed by atoms with Gasteiger partial charge in [-0.25, -0.2) is 4.98 Å². The van der Waals surface area contributed by atoms with Gasteiger partial charge in [-0.15, -0.1) is 0 Å². The molecule has 1 saturated carbocycles. The van der Waals surface area contributed by atoms with Gasteiger partial charge in [0.1, 0.15) is 5.82 Å². The van der Waals surface area contributed by atoms with Crippen LogP contribution >= 0.6 is 0 Å². The molecule has 1 aromatic heterocycles. The lowest BCUT2D eigenvalue weighted by Crippen LogP contribution is -2.31. The summed E-state index contributed by atoms with van der Waals surface area (Å²) in [5.41, 5.74) is 8.96. The summed E-state index contributed by atoms with van der Waals surface area (Å²) < 4.78 is 2.41. The minimum Gasteiger partial charge on any atom is -0.399 e. The largest absolute Gasteiger partial charge is 0.399 e. The van der Waals surface area contributed by atoms with E-state index in [0.717, 1.165) is 24.3 Å². The van der Waals surface area contributed by atoms with Crippen LogP contribution in [-0.4, -0.2) is 34.1 Å². The molecule has 1 aliphatic rings. The van der Waals surface area contributed by atoms with E-state index in [1.807, 2.05) is 12.1 Å². The predicted molar refractivity (Wildman–Crippen MR) is 88.5 cm³/mol. The van der Waals surface area contributed by atoms with Gasteiger partial charge in [-0.05, 0) is 51.4 Å². The number of hydrogen-bond donors (Lipinski definition) is 1. The summed E-state index contributed by atoms with van der Waals surface area (Å²) >= 11 is 0. The van der Waals surface area contributed by atoms with Gasteiger partial charge in [-0.3, -0.25) is 0 Å². The van der Waals surface area contributed by atoms with E-state index in [4.69, 9.17) is 10.7 Å². The number of nitrogen functional groups attached to an aromatic ring is 1. The first-order valence-electron chi connectivity index (χ1n) is 8.06. The summed E-state index contributed by atoms with van der Waals surface area (Å²) in [6, 6.07) is 6.72. The van der Waals surface area contributed by atoms with Crippen molar-refractivity contribution in [2.75, 3.05) is 19.3 Å². The predicted octanol–water partition coefficient (Wildman–Crippen LogP) is 3.23. The number of benzene rings is 1. The van der Waals surface area contributed by atoms with Crippen molar-refractivity contribution >= 4 is 16.7 Å². The standard InChI is InChI=1S/C17H26N4/c1-4-12(2)20(3)9-10-21-16-8-7-14(18)11-15(16)19-17(21)13-5-6-13/h7-8,11-13H,4-6,9-10,18H2,1-3H3. The van der Waals surface area contributed by atoms with E-state index in [1.165, 1.54) is 30.6 Å². The Morgan fingerprint density at radius 2 is 2.19 bits per heavy atom. The zero-order valence-corrected chi connectivity index (χ0v) is 13.3. The molecule has 1 atom stereocenters. The summed E-state index contributed by atoms with van der Waals surface area (Å²) in [7, 11) is 2.21. The van der Waals surface area contributed by atoms with Crippen molar-refractivity contribution < 1.29 is 0 Å². The topological polar surface area (TPSA) is 47.1 Å². The minimum atomic E-state index is 0.625. The normalized spacial score (nSPS) is 16.8. The van der Waals surface area contributed by atoms with Crippen LogP contribution in [-0.2, 0) is 6.54 Å². The van der Waals surface area contributed by atoms with E-state index >= 15 is 0 Å². The molecule has 4 heteroatoms. The van der Waals surface area contributed by atoms with Crippen molar-refractivity contribution in [2.24, 2.45) is 0 Å². The van der Waals surface area contributed by atoms with E-state index in [9.17, 15) is 0 Å². The number of nitrogens with two attached hydrogens (primary N) is 1. The second-order valence-electron chi connectivity index (χ2n) is 6.38. The Labute approximate surface area is 126 Å². The van der Waals surface area contributed by atoms with Gasteiger partial charge in [0, 0.05) is 30.7 Å². The highest BCUT2D eigenvalue weighted by atomic mass is 15.2. The Bertz CT molecular complexity index is 627. The molecular formula is C17H26N4. The van der Waals surface area contributed by atoms with Crippen LogP contribution in [0.1, 0.15) is 44.9 Å². The Kier molecular flexibility index (Phi) is 3.89. The van der Waals surface area contributed by atoms with Crippen LogP contribution in [0.2, 0.25) is 0 Å². The van der Waals surface area contributed by atoms with Crippen LogP contribution in [0.5, 0.6) is 0 Å². The van der Waals surface area contributed by atoms with Gasteiger partial charge in [0.15, 0.2) is 0 Å². The molecule has 3 rings (SSSR count). The summed E-state index contributed by atoms with van der Waals surface area (Å²) in [6.45, 7) is 6.60. The van der Waals surface area contributed by atoms with Crippen LogP contribution in [0.3, 0.4) is 0 Å². The molecule has 1 unspecified atom stereocenters. The van der Waals surface area contributed by atoms with Gasteiger partial charge in [-0.2, -0.15) is 0 Å². The third-order valence-electron chi connectivity index (χ3n) is 4.76. The van der Waals surface area contributed by atoms with Gasteiger partial charge in [0.2, 0.25) is 0 Å². The lowest BCUT2D eigenvalue weighted by atomic mass is 10.2. The maximum absolute atomic E-state index is 5.90. The van der Waals surface area contributed by atoms with Crippen molar-refractivity contribution in [3.63, 3.8) is 0 Å². The number of hydrogen-bond acceptors (Lipinski definition) is 3. The lowest BCUT2D eigenvalue weighted by Gasteiger charge is -2.24. The van der Waals surface area contributed by atoms with Crippen LogP contribution in [0.4, 0.5) is 5.69 Å². The average Bonchev–Trinajstić information content (AvgIpc) is 3.26. The zero-order valence-electron chi connectivity index (χ0n) is 13.3. The van der Waals surface area contributed by atoms with E-state index in [-0.39, 0.29) is 0 Å². The summed E-state index contributed by atoms with van der Waals surface area (Å²) in [5, 5.41) is 0. The van der Waals surface area contributed by atoms with Gasteiger partial charge >= 0.3 is 0 Å². The molecule has 0 aliphatic heterocycles. The maximum Gasteiger partial charge on any atom is 0.113 e.